The summed E-state index contributed by atoms with van der Waals surface area (Å²) < 4.78 is 29.0. The van der Waals surface area contributed by atoms with E-state index in [1.54, 1.807) is 26.1 Å². The SMILES string of the molecule is Cc1nn(C)c2c1C(c1ccc(F)c(F)c1)C(NC(=O)c1ccc(Cl)cc1)C(=O)N2. The van der Waals surface area contributed by atoms with Crippen LogP contribution in [0.5, 0.6) is 0 Å². The molecule has 0 radical (unpaired) electrons. The molecule has 2 atom stereocenters. The molecule has 0 aliphatic carbocycles. The number of hydrogen-bond donors (Lipinski definition) is 2. The van der Waals surface area contributed by atoms with Crippen LogP contribution < -0.4 is 10.6 Å². The Morgan fingerprint density at radius 2 is 1.87 bits per heavy atom. The number of nitrogens with one attached hydrogen (secondary N) is 2. The highest BCUT2D eigenvalue weighted by molar-refractivity contribution is 6.30. The van der Waals surface area contributed by atoms with Gasteiger partial charge in [-0.2, -0.15) is 5.10 Å². The summed E-state index contributed by atoms with van der Waals surface area (Å²) in [7, 11) is 1.67. The maximum absolute atomic E-state index is 14.0. The van der Waals surface area contributed by atoms with Gasteiger partial charge in [0.1, 0.15) is 11.9 Å². The second-order valence-corrected chi connectivity index (χ2v) is 7.51. The summed E-state index contributed by atoms with van der Waals surface area (Å²) in [5, 5.41) is 10.3. The summed E-state index contributed by atoms with van der Waals surface area (Å²) in [5.74, 6) is -3.32. The molecule has 0 bridgehead atoms. The first-order valence-electron chi connectivity index (χ1n) is 9.12. The van der Waals surface area contributed by atoms with Gasteiger partial charge in [0.25, 0.3) is 5.91 Å². The highest BCUT2D eigenvalue weighted by Gasteiger charge is 2.41. The first-order valence-corrected chi connectivity index (χ1v) is 9.50. The van der Waals surface area contributed by atoms with Crippen molar-refractivity contribution in [3.05, 3.63) is 81.5 Å². The summed E-state index contributed by atoms with van der Waals surface area (Å²) >= 11 is 5.87. The average Bonchev–Trinajstić information content (AvgIpc) is 2.98. The molecular weight excluding hydrogens is 414 g/mol. The summed E-state index contributed by atoms with van der Waals surface area (Å²) in [6.45, 7) is 1.75. The number of rotatable bonds is 3. The normalized spacial score (nSPS) is 18.0. The van der Waals surface area contributed by atoms with Crippen LogP contribution in [-0.4, -0.2) is 27.6 Å². The fourth-order valence-corrected chi connectivity index (χ4v) is 3.87. The number of hydrogen-bond acceptors (Lipinski definition) is 3. The molecule has 2 aromatic carbocycles. The first kappa shape index (κ1) is 20.0. The lowest BCUT2D eigenvalue weighted by Gasteiger charge is -2.32. The minimum absolute atomic E-state index is 0.310. The lowest BCUT2D eigenvalue weighted by atomic mass is 9.81. The third-order valence-corrected chi connectivity index (χ3v) is 5.38. The fraction of sp³-hybridized carbons (Fsp3) is 0.190. The number of carbonyl (C=O) groups is 2. The van der Waals surface area contributed by atoms with Crippen LogP contribution in [0.4, 0.5) is 14.6 Å². The van der Waals surface area contributed by atoms with Crippen LogP contribution in [0.3, 0.4) is 0 Å². The van der Waals surface area contributed by atoms with Crippen molar-refractivity contribution in [2.24, 2.45) is 7.05 Å². The predicted octanol–water partition coefficient (Wildman–Crippen LogP) is 3.54. The van der Waals surface area contributed by atoms with Gasteiger partial charge >= 0.3 is 0 Å². The minimum Gasteiger partial charge on any atom is -0.339 e. The monoisotopic (exact) mass is 430 g/mol. The Labute approximate surface area is 175 Å². The molecule has 30 heavy (non-hydrogen) atoms. The Bertz CT molecular complexity index is 1160. The molecule has 2 N–H and O–H groups in total. The van der Waals surface area contributed by atoms with E-state index >= 15 is 0 Å². The number of nitrogens with zero attached hydrogens (tertiary/aromatic N) is 2. The lowest BCUT2D eigenvalue weighted by molar-refractivity contribution is -0.118. The summed E-state index contributed by atoms with van der Waals surface area (Å²) in [4.78, 5) is 25.7. The third kappa shape index (κ3) is 3.43. The zero-order valence-corrected chi connectivity index (χ0v) is 16.8. The lowest BCUT2D eigenvalue weighted by Crippen LogP contribution is -2.50. The minimum atomic E-state index is -1.06. The van der Waals surface area contributed by atoms with Crippen LogP contribution in [0.1, 0.15) is 33.1 Å². The highest BCUT2D eigenvalue weighted by Crippen LogP contribution is 2.39. The van der Waals surface area contributed by atoms with Crippen molar-refractivity contribution >= 4 is 29.2 Å². The molecule has 0 spiro atoms. The molecule has 2 unspecified atom stereocenters. The predicted molar refractivity (Wildman–Crippen MR) is 107 cm³/mol. The molecule has 2 heterocycles. The van der Waals surface area contributed by atoms with Crippen LogP contribution in [0.15, 0.2) is 42.5 Å². The Morgan fingerprint density at radius 3 is 2.53 bits per heavy atom. The van der Waals surface area contributed by atoms with Crippen LogP contribution in [0.2, 0.25) is 5.02 Å². The van der Waals surface area contributed by atoms with E-state index in [9.17, 15) is 18.4 Å². The van der Waals surface area contributed by atoms with Crippen LogP contribution >= 0.6 is 11.6 Å². The van der Waals surface area contributed by atoms with E-state index in [1.165, 1.54) is 22.9 Å². The van der Waals surface area contributed by atoms with Gasteiger partial charge in [-0.3, -0.25) is 14.3 Å². The molecule has 1 aliphatic heterocycles. The van der Waals surface area contributed by atoms with Crippen molar-refractivity contribution in [2.75, 3.05) is 5.32 Å². The van der Waals surface area contributed by atoms with Gasteiger partial charge < -0.3 is 10.6 Å². The summed E-state index contributed by atoms with van der Waals surface area (Å²) in [6.07, 6.45) is 0. The number of carbonyl (C=O) groups excluding carboxylic acids is 2. The number of anilines is 1. The second kappa shape index (κ2) is 7.53. The van der Waals surface area contributed by atoms with Gasteiger partial charge in [-0.15, -0.1) is 0 Å². The smallest absolute Gasteiger partial charge is 0.251 e. The molecule has 1 aromatic heterocycles. The van der Waals surface area contributed by atoms with E-state index < -0.39 is 35.4 Å². The number of aromatic nitrogens is 2. The molecule has 4 rings (SSSR count). The maximum Gasteiger partial charge on any atom is 0.251 e. The van der Waals surface area contributed by atoms with Gasteiger partial charge in [0.15, 0.2) is 11.6 Å². The number of fused-ring (bicyclic) bond motifs is 1. The number of aryl methyl sites for hydroxylation is 2. The second-order valence-electron chi connectivity index (χ2n) is 7.07. The molecule has 6 nitrogen and oxygen atoms in total. The van der Waals surface area contributed by atoms with Crippen molar-refractivity contribution in [3.63, 3.8) is 0 Å². The van der Waals surface area contributed by atoms with Crippen molar-refractivity contribution in [3.8, 4) is 0 Å². The van der Waals surface area contributed by atoms with Crippen molar-refractivity contribution in [1.29, 1.82) is 0 Å². The van der Waals surface area contributed by atoms with E-state index in [2.05, 4.69) is 15.7 Å². The van der Waals surface area contributed by atoms with Crippen LogP contribution in [0, 0.1) is 18.6 Å². The molecular formula is C21H17ClF2N4O2. The summed E-state index contributed by atoms with van der Waals surface area (Å²) in [5.41, 5.74) is 1.89. The molecule has 9 heteroatoms. The van der Waals surface area contributed by atoms with Crippen molar-refractivity contribution < 1.29 is 18.4 Å². The number of benzene rings is 2. The standard InChI is InChI=1S/C21H17ClF2N4O2/c1-10-16-17(12-5-8-14(23)15(24)9-12)18(21(30)26-19(16)28(2)27-10)25-20(29)11-3-6-13(22)7-4-11/h3-9,17-18H,1-2H3,(H,25,29)(H,26,30). The third-order valence-electron chi connectivity index (χ3n) is 5.13. The number of amides is 2. The highest BCUT2D eigenvalue weighted by atomic mass is 35.5. The van der Waals surface area contributed by atoms with Crippen molar-refractivity contribution in [2.45, 2.75) is 18.9 Å². The van der Waals surface area contributed by atoms with E-state index in [-0.39, 0.29) is 0 Å². The molecule has 3 aromatic rings. The Hall–Kier alpha value is -3.26. The zero-order valence-electron chi connectivity index (χ0n) is 16.0. The van der Waals surface area contributed by atoms with Gasteiger partial charge in [0, 0.05) is 29.1 Å². The molecule has 154 valence electrons. The topological polar surface area (TPSA) is 76.0 Å². The Kier molecular flexibility index (Phi) is 5.03. The Balaban J connectivity index is 1.79. The zero-order chi connectivity index (χ0) is 21.6. The number of halogens is 3. The summed E-state index contributed by atoms with van der Waals surface area (Å²) in [6, 6.07) is 8.57. The van der Waals surface area contributed by atoms with Crippen LogP contribution in [-0.2, 0) is 11.8 Å². The van der Waals surface area contributed by atoms with Gasteiger partial charge in [-0.1, -0.05) is 17.7 Å². The molecule has 0 fully saturated rings. The van der Waals surface area contributed by atoms with Gasteiger partial charge in [0.2, 0.25) is 5.91 Å². The molecule has 2 amide bonds. The maximum atomic E-state index is 14.0. The van der Waals surface area contributed by atoms with E-state index in [0.29, 0.717) is 33.2 Å². The fourth-order valence-electron chi connectivity index (χ4n) is 3.75. The van der Waals surface area contributed by atoms with E-state index in [0.717, 1.165) is 12.1 Å². The van der Waals surface area contributed by atoms with E-state index in [4.69, 9.17) is 11.6 Å². The Morgan fingerprint density at radius 1 is 1.17 bits per heavy atom. The van der Waals surface area contributed by atoms with Crippen LogP contribution in [0.25, 0.3) is 0 Å². The molecule has 0 saturated heterocycles. The van der Waals surface area contributed by atoms with Gasteiger partial charge in [-0.25, -0.2) is 8.78 Å². The average molecular weight is 431 g/mol. The van der Waals surface area contributed by atoms with Gasteiger partial charge in [0.05, 0.1) is 5.69 Å². The van der Waals surface area contributed by atoms with Gasteiger partial charge in [-0.05, 0) is 48.9 Å². The molecule has 1 aliphatic rings. The first-order chi connectivity index (χ1) is 14.3. The molecule has 0 saturated carbocycles. The van der Waals surface area contributed by atoms with Crippen molar-refractivity contribution in [1.82, 2.24) is 15.1 Å². The van der Waals surface area contributed by atoms with E-state index in [1.807, 2.05) is 0 Å². The quantitative estimate of drug-likeness (QED) is 0.667. The largest absolute Gasteiger partial charge is 0.339 e.